The first-order valence-corrected chi connectivity index (χ1v) is 17.2. The fourth-order valence-corrected chi connectivity index (χ4v) is 6.85. The lowest BCUT2D eigenvalue weighted by Crippen LogP contribution is -2.52. The molecule has 1 N–H and O–H groups in total. The van der Waals surface area contributed by atoms with E-state index in [0.29, 0.717) is 22.2 Å². The van der Waals surface area contributed by atoms with Gasteiger partial charge in [-0.3, -0.25) is 13.9 Å². The van der Waals surface area contributed by atoms with Gasteiger partial charge >= 0.3 is 0 Å². The second-order valence-electron chi connectivity index (χ2n) is 11.2. The molecule has 7 nitrogen and oxygen atoms in total. The Morgan fingerprint density at radius 1 is 0.930 bits per heavy atom. The maximum absolute atomic E-state index is 14.0. The fraction of sp³-hybridized carbons (Fsp3) is 0.394. The first kappa shape index (κ1) is 32.8. The van der Waals surface area contributed by atoms with Crippen LogP contribution in [0, 0.1) is 6.92 Å². The van der Waals surface area contributed by atoms with Crippen LogP contribution in [0.25, 0.3) is 0 Å². The molecule has 0 radical (unpaired) electrons. The molecular formula is C33H39Cl2N3O4S. The Balaban J connectivity index is 1.59. The number of nitrogens with one attached hydrogen (secondary N) is 1. The lowest BCUT2D eigenvalue weighted by Gasteiger charge is -2.33. The van der Waals surface area contributed by atoms with Crippen molar-refractivity contribution >= 4 is 50.7 Å². The molecule has 1 saturated carbocycles. The molecule has 1 fully saturated rings. The number of carbonyl (C=O) groups excluding carboxylic acids is 2. The van der Waals surface area contributed by atoms with Crippen molar-refractivity contribution in [2.75, 3.05) is 17.1 Å². The van der Waals surface area contributed by atoms with Crippen molar-refractivity contribution in [2.24, 2.45) is 0 Å². The predicted octanol–water partition coefficient (Wildman–Crippen LogP) is 6.55. The Hall–Kier alpha value is -3.07. The van der Waals surface area contributed by atoms with Crippen LogP contribution < -0.4 is 9.62 Å². The lowest BCUT2D eigenvalue weighted by atomic mass is 10.0. The van der Waals surface area contributed by atoms with E-state index in [-0.39, 0.29) is 43.8 Å². The van der Waals surface area contributed by atoms with E-state index in [9.17, 15) is 18.0 Å². The Kier molecular flexibility index (Phi) is 11.5. The van der Waals surface area contributed by atoms with Gasteiger partial charge in [-0.2, -0.15) is 0 Å². The third-order valence-corrected chi connectivity index (χ3v) is 9.50. The molecule has 230 valence electrons. The highest BCUT2D eigenvalue weighted by atomic mass is 35.5. The van der Waals surface area contributed by atoms with E-state index >= 15 is 0 Å². The number of amides is 2. The topological polar surface area (TPSA) is 86.8 Å². The molecule has 0 saturated heterocycles. The summed E-state index contributed by atoms with van der Waals surface area (Å²) in [7, 11) is -3.64. The maximum atomic E-state index is 14.0. The molecule has 43 heavy (non-hydrogen) atoms. The second-order valence-corrected chi connectivity index (χ2v) is 14.0. The summed E-state index contributed by atoms with van der Waals surface area (Å²) in [5.41, 5.74) is 3.04. The van der Waals surface area contributed by atoms with Crippen molar-refractivity contribution < 1.29 is 18.0 Å². The molecule has 2 amide bonds. The van der Waals surface area contributed by atoms with E-state index in [1.54, 1.807) is 35.2 Å². The number of sulfonamides is 1. The number of hydrogen-bond acceptors (Lipinski definition) is 4. The van der Waals surface area contributed by atoms with Crippen LogP contribution in [0.2, 0.25) is 10.0 Å². The average Bonchev–Trinajstić information content (AvgIpc) is 3.48. The smallest absolute Gasteiger partial charge is 0.243 e. The van der Waals surface area contributed by atoms with E-state index in [1.807, 2.05) is 49.4 Å². The normalized spacial score (nSPS) is 14.3. The first-order valence-electron chi connectivity index (χ1n) is 14.6. The average molecular weight is 645 g/mol. The van der Waals surface area contributed by atoms with Crippen LogP contribution >= 0.6 is 23.2 Å². The molecule has 3 aromatic carbocycles. The highest BCUT2D eigenvalue weighted by Gasteiger charge is 2.32. The number of carbonyl (C=O) groups is 2. The number of nitrogens with zero attached hydrogens (tertiary/aromatic N) is 2. The number of hydrogen-bond donors (Lipinski definition) is 1. The third kappa shape index (κ3) is 9.46. The van der Waals surface area contributed by atoms with Crippen molar-refractivity contribution in [1.29, 1.82) is 0 Å². The van der Waals surface area contributed by atoms with E-state index in [1.165, 1.54) is 4.31 Å². The van der Waals surface area contributed by atoms with Crippen molar-refractivity contribution in [1.82, 2.24) is 10.2 Å². The molecule has 10 heteroatoms. The first-order chi connectivity index (χ1) is 20.5. The van der Waals surface area contributed by atoms with Gasteiger partial charge in [0, 0.05) is 42.0 Å². The van der Waals surface area contributed by atoms with Crippen LogP contribution in [0.1, 0.15) is 55.2 Å². The fourth-order valence-electron chi connectivity index (χ4n) is 5.54. The van der Waals surface area contributed by atoms with Gasteiger partial charge in [0.25, 0.3) is 0 Å². The molecule has 0 aliphatic heterocycles. The largest absolute Gasteiger partial charge is 0.352 e. The molecule has 1 aliphatic carbocycles. The van der Waals surface area contributed by atoms with Gasteiger partial charge in [0.2, 0.25) is 21.8 Å². The number of anilines is 1. The van der Waals surface area contributed by atoms with Gasteiger partial charge in [0.1, 0.15) is 6.04 Å². The van der Waals surface area contributed by atoms with Crippen LogP contribution in [0.3, 0.4) is 0 Å². The number of aryl methyl sites for hydroxylation is 1. The molecule has 0 bridgehead atoms. The summed E-state index contributed by atoms with van der Waals surface area (Å²) in [6.07, 6.45) is 5.83. The zero-order valence-electron chi connectivity index (χ0n) is 24.6. The van der Waals surface area contributed by atoms with Crippen LogP contribution in [-0.2, 0) is 32.6 Å². The lowest BCUT2D eigenvalue weighted by molar-refractivity contribution is -0.141. The number of rotatable bonds is 13. The van der Waals surface area contributed by atoms with Crippen LogP contribution in [0.5, 0.6) is 0 Å². The number of benzene rings is 3. The van der Waals surface area contributed by atoms with Gasteiger partial charge < -0.3 is 10.2 Å². The Morgan fingerprint density at radius 2 is 1.58 bits per heavy atom. The summed E-state index contributed by atoms with van der Waals surface area (Å²) in [5, 5.41) is 4.21. The van der Waals surface area contributed by atoms with Gasteiger partial charge in [-0.25, -0.2) is 8.42 Å². The van der Waals surface area contributed by atoms with Gasteiger partial charge in [-0.15, -0.1) is 0 Å². The van der Waals surface area contributed by atoms with E-state index < -0.39 is 16.1 Å². The summed E-state index contributed by atoms with van der Waals surface area (Å²) in [5.74, 6) is -0.404. The summed E-state index contributed by atoms with van der Waals surface area (Å²) in [6.45, 7) is 2.13. The SMILES string of the molecule is Cc1ccc(Cl)cc1N(CCCC(=O)N(Cc1ccc(Cl)cc1)C(Cc1ccccc1)C(=O)NC1CCCC1)S(C)(=O)=O. The van der Waals surface area contributed by atoms with E-state index in [2.05, 4.69) is 5.32 Å². The maximum Gasteiger partial charge on any atom is 0.243 e. The van der Waals surface area contributed by atoms with Gasteiger partial charge in [0.15, 0.2) is 0 Å². The minimum atomic E-state index is -3.64. The van der Waals surface area contributed by atoms with Crippen molar-refractivity contribution in [3.63, 3.8) is 0 Å². The van der Waals surface area contributed by atoms with Crippen molar-refractivity contribution in [3.8, 4) is 0 Å². The summed E-state index contributed by atoms with van der Waals surface area (Å²) in [4.78, 5) is 29.5. The molecule has 0 spiro atoms. The zero-order valence-corrected chi connectivity index (χ0v) is 27.0. The molecule has 1 unspecified atom stereocenters. The molecule has 0 heterocycles. The van der Waals surface area contributed by atoms with Crippen molar-refractivity contribution in [2.45, 2.75) is 70.5 Å². The zero-order chi connectivity index (χ0) is 31.0. The Morgan fingerprint density at radius 3 is 2.23 bits per heavy atom. The van der Waals surface area contributed by atoms with Gasteiger partial charge in [-0.05, 0) is 67.1 Å². The Bertz CT molecular complexity index is 1490. The Labute approximate surface area is 265 Å². The quantitative estimate of drug-likeness (QED) is 0.229. The van der Waals surface area contributed by atoms with Crippen LogP contribution in [-0.4, -0.2) is 50.0 Å². The molecule has 3 aromatic rings. The summed E-state index contributed by atoms with van der Waals surface area (Å²) < 4.78 is 26.8. The van der Waals surface area contributed by atoms with E-state index in [0.717, 1.165) is 48.6 Å². The minimum absolute atomic E-state index is 0.0568. The highest BCUT2D eigenvalue weighted by Crippen LogP contribution is 2.27. The van der Waals surface area contributed by atoms with Crippen LogP contribution in [0.15, 0.2) is 72.8 Å². The third-order valence-electron chi connectivity index (χ3n) is 7.83. The summed E-state index contributed by atoms with van der Waals surface area (Å²) >= 11 is 12.3. The highest BCUT2D eigenvalue weighted by molar-refractivity contribution is 7.92. The summed E-state index contributed by atoms with van der Waals surface area (Å²) in [6, 6.07) is 21.4. The second kappa shape index (κ2) is 15.1. The van der Waals surface area contributed by atoms with Gasteiger partial charge in [-0.1, -0.05) is 84.6 Å². The minimum Gasteiger partial charge on any atom is -0.352 e. The van der Waals surface area contributed by atoms with Crippen LogP contribution in [0.4, 0.5) is 5.69 Å². The predicted molar refractivity (Wildman–Crippen MR) is 174 cm³/mol. The number of halogens is 2. The van der Waals surface area contributed by atoms with E-state index in [4.69, 9.17) is 23.2 Å². The molecule has 4 rings (SSSR count). The molecule has 1 aliphatic rings. The standard InChI is InChI=1S/C33H39Cl2N3O4S/c1-24-14-17-28(35)22-30(24)38(43(2,41)42)20-8-13-32(39)37(23-26-15-18-27(34)19-16-26)31(21-25-9-4-3-5-10-25)33(40)36-29-11-6-7-12-29/h3-5,9-10,14-19,22,29,31H,6-8,11-13,20-21,23H2,1-2H3,(H,36,40). The molecular weight excluding hydrogens is 605 g/mol. The molecule has 0 aromatic heterocycles. The van der Waals surface area contributed by atoms with Crippen molar-refractivity contribution in [3.05, 3.63) is 99.5 Å². The molecule has 1 atom stereocenters. The van der Waals surface area contributed by atoms with Gasteiger partial charge in [0.05, 0.1) is 11.9 Å². The monoisotopic (exact) mass is 643 g/mol.